The highest BCUT2D eigenvalue weighted by atomic mass is 16.5. The fourth-order valence-electron chi connectivity index (χ4n) is 0.964. The van der Waals surface area contributed by atoms with Crippen LogP contribution in [-0.2, 0) is 4.79 Å². The molecule has 1 atom stereocenters. The molecule has 0 aliphatic rings. The van der Waals surface area contributed by atoms with E-state index in [4.69, 9.17) is 14.6 Å². The second-order valence-electron chi connectivity index (χ2n) is 3.23. The van der Waals surface area contributed by atoms with Gasteiger partial charge in [0.2, 0.25) is 0 Å². The Bertz CT molecular complexity index is 318. The molecule has 1 rings (SSSR count). The summed E-state index contributed by atoms with van der Waals surface area (Å²) in [5.41, 5.74) is 0. The van der Waals surface area contributed by atoms with Crippen LogP contribution in [0.1, 0.15) is 6.92 Å². The molecule has 0 spiro atoms. The molecule has 0 aliphatic heterocycles. The summed E-state index contributed by atoms with van der Waals surface area (Å²) in [6.45, 7) is 1.77. The highest BCUT2D eigenvalue weighted by Crippen LogP contribution is 2.17. The van der Waals surface area contributed by atoms with E-state index in [-0.39, 0.29) is 6.61 Å². The van der Waals surface area contributed by atoms with E-state index in [9.17, 15) is 4.79 Å². The molecule has 15 heavy (non-hydrogen) atoms. The van der Waals surface area contributed by atoms with Crippen LogP contribution in [0.3, 0.4) is 0 Å². The molecule has 0 heterocycles. The molecule has 1 N–H and O–H groups in total. The van der Waals surface area contributed by atoms with E-state index < -0.39 is 11.9 Å². The topological polar surface area (TPSA) is 55.8 Å². The first-order chi connectivity index (χ1) is 7.13. The van der Waals surface area contributed by atoms with Crippen molar-refractivity contribution in [3.63, 3.8) is 0 Å². The summed E-state index contributed by atoms with van der Waals surface area (Å²) in [6, 6.07) is 7.02. The van der Waals surface area contributed by atoms with Gasteiger partial charge in [0, 0.05) is 0 Å². The Kier molecular flexibility index (Phi) is 3.97. The molecule has 0 fully saturated rings. The first-order valence-electron chi connectivity index (χ1n) is 4.63. The van der Waals surface area contributed by atoms with Crippen molar-refractivity contribution >= 4 is 5.97 Å². The average Bonchev–Trinajstić information content (AvgIpc) is 2.26. The molecule has 0 bridgehead atoms. The number of hydrogen-bond donors (Lipinski definition) is 1. The zero-order valence-corrected chi connectivity index (χ0v) is 8.77. The number of rotatable bonds is 5. The van der Waals surface area contributed by atoms with Gasteiger partial charge in [-0.2, -0.15) is 0 Å². The predicted molar refractivity (Wildman–Crippen MR) is 55.3 cm³/mol. The Morgan fingerprint density at radius 2 is 1.87 bits per heavy atom. The van der Waals surface area contributed by atoms with Crippen molar-refractivity contribution in [2.24, 2.45) is 5.92 Å². The zero-order chi connectivity index (χ0) is 11.3. The second kappa shape index (κ2) is 5.24. The molecule has 82 valence electrons. The van der Waals surface area contributed by atoms with Gasteiger partial charge in [0.15, 0.2) is 0 Å². The van der Waals surface area contributed by atoms with Crippen LogP contribution in [0.25, 0.3) is 0 Å². The van der Waals surface area contributed by atoms with Crippen LogP contribution in [0, 0.1) is 5.92 Å². The quantitative estimate of drug-likeness (QED) is 0.805. The average molecular weight is 210 g/mol. The van der Waals surface area contributed by atoms with E-state index in [2.05, 4.69) is 0 Å². The molecule has 0 aromatic heterocycles. The first kappa shape index (κ1) is 11.4. The Balaban J connectivity index is 2.47. The van der Waals surface area contributed by atoms with Crippen molar-refractivity contribution in [2.75, 3.05) is 13.7 Å². The van der Waals surface area contributed by atoms with Gasteiger partial charge in [0.25, 0.3) is 0 Å². The van der Waals surface area contributed by atoms with Gasteiger partial charge in [0.1, 0.15) is 18.1 Å². The van der Waals surface area contributed by atoms with Crippen LogP contribution in [0.15, 0.2) is 24.3 Å². The minimum atomic E-state index is -0.858. The number of carboxylic acid groups (broad SMARTS) is 1. The summed E-state index contributed by atoms with van der Waals surface area (Å²) < 4.78 is 10.3. The van der Waals surface area contributed by atoms with Crippen molar-refractivity contribution in [1.82, 2.24) is 0 Å². The Morgan fingerprint density at radius 3 is 2.33 bits per heavy atom. The van der Waals surface area contributed by atoms with Gasteiger partial charge in [-0.25, -0.2) is 0 Å². The molecule has 1 aromatic carbocycles. The Hall–Kier alpha value is -1.71. The molecule has 0 aliphatic carbocycles. The third-order valence-corrected chi connectivity index (χ3v) is 1.98. The van der Waals surface area contributed by atoms with Gasteiger partial charge in [-0.15, -0.1) is 0 Å². The molecule has 0 saturated heterocycles. The van der Waals surface area contributed by atoms with E-state index in [1.165, 1.54) is 0 Å². The fourth-order valence-corrected chi connectivity index (χ4v) is 0.964. The molecule has 1 aromatic rings. The predicted octanol–water partition coefficient (Wildman–Crippen LogP) is 1.79. The zero-order valence-electron chi connectivity index (χ0n) is 8.77. The van der Waals surface area contributed by atoms with Gasteiger partial charge >= 0.3 is 5.97 Å². The van der Waals surface area contributed by atoms with E-state index in [1.54, 1.807) is 38.3 Å². The molecule has 0 radical (unpaired) electrons. The number of aliphatic carboxylic acids is 1. The van der Waals surface area contributed by atoms with Gasteiger partial charge in [0.05, 0.1) is 13.0 Å². The molecule has 4 heteroatoms. The molecule has 0 saturated carbocycles. The maximum atomic E-state index is 10.5. The summed E-state index contributed by atoms with van der Waals surface area (Å²) in [5, 5.41) is 8.64. The maximum Gasteiger partial charge on any atom is 0.309 e. The van der Waals surface area contributed by atoms with Gasteiger partial charge < -0.3 is 14.6 Å². The van der Waals surface area contributed by atoms with Crippen LogP contribution >= 0.6 is 0 Å². The first-order valence-corrected chi connectivity index (χ1v) is 4.63. The minimum Gasteiger partial charge on any atom is -0.497 e. The number of carbonyl (C=O) groups is 1. The van der Waals surface area contributed by atoms with Crippen molar-refractivity contribution in [3.05, 3.63) is 24.3 Å². The monoisotopic (exact) mass is 210 g/mol. The number of benzene rings is 1. The van der Waals surface area contributed by atoms with Crippen LogP contribution in [0.2, 0.25) is 0 Å². The van der Waals surface area contributed by atoms with Crippen molar-refractivity contribution in [3.8, 4) is 11.5 Å². The summed E-state index contributed by atoms with van der Waals surface area (Å²) >= 11 is 0. The molecular weight excluding hydrogens is 196 g/mol. The lowest BCUT2D eigenvalue weighted by Crippen LogP contribution is -2.17. The van der Waals surface area contributed by atoms with Crippen LogP contribution in [0.4, 0.5) is 0 Å². The van der Waals surface area contributed by atoms with E-state index in [1.807, 2.05) is 0 Å². The summed E-state index contributed by atoms with van der Waals surface area (Å²) in [6.07, 6.45) is 0. The minimum absolute atomic E-state index is 0.168. The van der Waals surface area contributed by atoms with E-state index in [0.717, 1.165) is 5.75 Å². The van der Waals surface area contributed by atoms with Crippen LogP contribution < -0.4 is 9.47 Å². The van der Waals surface area contributed by atoms with Gasteiger partial charge in [-0.1, -0.05) is 0 Å². The fraction of sp³-hybridized carbons (Fsp3) is 0.364. The summed E-state index contributed by atoms with van der Waals surface area (Å²) in [7, 11) is 1.59. The third-order valence-electron chi connectivity index (χ3n) is 1.98. The molecule has 0 amide bonds. The lowest BCUT2D eigenvalue weighted by molar-refractivity contribution is -0.142. The number of hydrogen-bond acceptors (Lipinski definition) is 3. The lowest BCUT2D eigenvalue weighted by atomic mass is 10.2. The Morgan fingerprint density at radius 1 is 1.33 bits per heavy atom. The SMILES string of the molecule is COc1ccc(OCC(C)C(=O)O)cc1. The highest BCUT2D eigenvalue weighted by Gasteiger charge is 2.11. The van der Waals surface area contributed by atoms with Gasteiger partial charge in [-0.3, -0.25) is 4.79 Å². The third kappa shape index (κ3) is 3.50. The van der Waals surface area contributed by atoms with Gasteiger partial charge in [-0.05, 0) is 31.2 Å². The largest absolute Gasteiger partial charge is 0.497 e. The van der Waals surface area contributed by atoms with E-state index >= 15 is 0 Å². The standard InChI is InChI=1S/C11H14O4/c1-8(11(12)13)7-15-10-5-3-9(14-2)4-6-10/h3-6,8H,7H2,1-2H3,(H,12,13). The van der Waals surface area contributed by atoms with Crippen LogP contribution in [-0.4, -0.2) is 24.8 Å². The lowest BCUT2D eigenvalue weighted by Gasteiger charge is -2.09. The van der Waals surface area contributed by atoms with Crippen LogP contribution in [0.5, 0.6) is 11.5 Å². The van der Waals surface area contributed by atoms with Crippen molar-refractivity contribution in [2.45, 2.75) is 6.92 Å². The molecular formula is C11H14O4. The maximum absolute atomic E-state index is 10.5. The highest BCUT2D eigenvalue weighted by molar-refractivity contribution is 5.69. The molecule has 1 unspecified atom stereocenters. The molecule has 4 nitrogen and oxygen atoms in total. The van der Waals surface area contributed by atoms with E-state index in [0.29, 0.717) is 5.75 Å². The van der Waals surface area contributed by atoms with Crippen molar-refractivity contribution < 1.29 is 19.4 Å². The number of methoxy groups -OCH3 is 1. The van der Waals surface area contributed by atoms with Crippen molar-refractivity contribution in [1.29, 1.82) is 0 Å². The summed E-state index contributed by atoms with van der Waals surface area (Å²) in [5.74, 6) is 0.0214. The Labute approximate surface area is 88.4 Å². The second-order valence-corrected chi connectivity index (χ2v) is 3.23. The number of carboxylic acids is 1. The number of ether oxygens (including phenoxy) is 2. The summed E-state index contributed by atoms with van der Waals surface area (Å²) in [4.78, 5) is 10.5. The smallest absolute Gasteiger partial charge is 0.309 e. The normalized spacial score (nSPS) is 11.9.